The summed E-state index contributed by atoms with van der Waals surface area (Å²) in [6, 6.07) is 12.8. The van der Waals surface area contributed by atoms with Crippen LogP contribution in [0.5, 0.6) is 0 Å². The van der Waals surface area contributed by atoms with Crippen molar-refractivity contribution in [3.63, 3.8) is 0 Å². The molecule has 0 aliphatic rings. The summed E-state index contributed by atoms with van der Waals surface area (Å²) in [6.07, 6.45) is 0. The number of nitrogens with zero attached hydrogens (tertiary/aromatic N) is 1. The first-order valence-corrected chi connectivity index (χ1v) is 6.50. The highest BCUT2D eigenvalue weighted by Gasteiger charge is 2.12. The van der Waals surface area contributed by atoms with Gasteiger partial charge in [0.05, 0.1) is 16.9 Å². The predicted molar refractivity (Wildman–Crippen MR) is 82.9 cm³/mol. The summed E-state index contributed by atoms with van der Waals surface area (Å²) in [5, 5.41) is 0.701. The third-order valence-electron chi connectivity index (χ3n) is 3.09. The molecule has 0 aliphatic carbocycles. The maximum Gasteiger partial charge on any atom is 0.250 e. The number of hydrogen-bond donors (Lipinski definition) is 2. The van der Waals surface area contributed by atoms with Crippen LogP contribution in [0.25, 0.3) is 0 Å². The van der Waals surface area contributed by atoms with Gasteiger partial charge in [0, 0.05) is 18.6 Å². The van der Waals surface area contributed by atoms with Gasteiger partial charge in [0.1, 0.15) is 0 Å². The molecule has 20 heavy (non-hydrogen) atoms. The van der Waals surface area contributed by atoms with Gasteiger partial charge in [0.15, 0.2) is 0 Å². The maximum atomic E-state index is 11.3. The SMILES string of the molecule is CN(Cc1ccc(Cl)cc1)c1cccc(C(N)=O)c1N. The Labute approximate surface area is 122 Å². The number of para-hydroxylation sites is 1. The largest absolute Gasteiger partial charge is 0.396 e. The molecule has 1 amide bonds. The predicted octanol–water partition coefficient (Wildman–Crippen LogP) is 2.66. The summed E-state index contributed by atoms with van der Waals surface area (Å²) in [7, 11) is 1.91. The zero-order valence-corrected chi connectivity index (χ0v) is 11.9. The Kier molecular flexibility index (Phi) is 4.15. The lowest BCUT2D eigenvalue weighted by Gasteiger charge is -2.22. The topological polar surface area (TPSA) is 72.3 Å². The summed E-state index contributed by atoms with van der Waals surface area (Å²) < 4.78 is 0. The van der Waals surface area contributed by atoms with E-state index in [4.69, 9.17) is 23.1 Å². The normalized spacial score (nSPS) is 10.3. The number of halogens is 1. The minimum absolute atomic E-state index is 0.338. The Bertz CT molecular complexity index is 626. The van der Waals surface area contributed by atoms with E-state index in [0.717, 1.165) is 11.3 Å². The summed E-state index contributed by atoms with van der Waals surface area (Å²) in [4.78, 5) is 13.3. The van der Waals surface area contributed by atoms with E-state index in [1.54, 1.807) is 12.1 Å². The number of nitrogens with two attached hydrogens (primary N) is 2. The van der Waals surface area contributed by atoms with Crippen LogP contribution in [0.15, 0.2) is 42.5 Å². The van der Waals surface area contributed by atoms with Crippen molar-refractivity contribution in [2.75, 3.05) is 17.7 Å². The van der Waals surface area contributed by atoms with Gasteiger partial charge in [-0.2, -0.15) is 0 Å². The van der Waals surface area contributed by atoms with Gasteiger partial charge >= 0.3 is 0 Å². The van der Waals surface area contributed by atoms with Gasteiger partial charge in [-0.1, -0.05) is 29.8 Å². The molecule has 0 saturated heterocycles. The number of primary amides is 1. The number of hydrogen-bond acceptors (Lipinski definition) is 3. The molecule has 4 N–H and O–H groups in total. The summed E-state index contributed by atoms with van der Waals surface area (Å²) >= 11 is 5.86. The molecular weight excluding hydrogens is 274 g/mol. The summed E-state index contributed by atoms with van der Waals surface area (Å²) in [6.45, 7) is 0.656. The lowest BCUT2D eigenvalue weighted by atomic mass is 10.1. The number of carbonyl (C=O) groups is 1. The molecule has 0 heterocycles. The fourth-order valence-electron chi connectivity index (χ4n) is 2.05. The van der Waals surface area contributed by atoms with E-state index in [-0.39, 0.29) is 0 Å². The lowest BCUT2D eigenvalue weighted by molar-refractivity contribution is 0.100. The quantitative estimate of drug-likeness (QED) is 0.850. The molecule has 0 aromatic heterocycles. The van der Waals surface area contributed by atoms with Crippen molar-refractivity contribution in [3.05, 3.63) is 58.6 Å². The van der Waals surface area contributed by atoms with E-state index in [1.807, 2.05) is 42.3 Å². The molecule has 2 aromatic carbocycles. The monoisotopic (exact) mass is 289 g/mol. The molecule has 5 heteroatoms. The summed E-state index contributed by atoms with van der Waals surface area (Å²) in [5.41, 5.74) is 13.9. The zero-order valence-electron chi connectivity index (χ0n) is 11.1. The number of nitrogen functional groups attached to an aromatic ring is 1. The van der Waals surface area contributed by atoms with Gasteiger partial charge in [-0.15, -0.1) is 0 Å². The van der Waals surface area contributed by atoms with Crippen LogP contribution < -0.4 is 16.4 Å². The second-order valence-corrected chi connectivity index (χ2v) is 5.02. The van der Waals surface area contributed by atoms with E-state index in [9.17, 15) is 4.79 Å². The number of benzene rings is 2. The van der Waals surface area contributed by atoms with Crippen LogP contribution in [0.4, 0.5) is 11.4 Å². The minimum Gasteiger partial charge on any atom is -0.396 e. The Hall–Kier alpha value is -2.20. The Balaban J connectivity index is 2.25. The molecule has 0 fully saturated rings. The van der Waals surface area contributed by atoms with Gasteiger partial charge in [0.2, 0.25) is 0 Å². The number of carbonyl (C=O) groups excluding carboxylic acids is 1. The van der Waals surface area contributed by atoms with Gasteiger partial charge in [-0.05, 0) is 29.8 Å². The van der Waals surface area contributed by atoms with Crippen LogP contribution in [0.2, 0.25) is 5.02 Å². The maximum absolute atomic E-state index is 11.3. The Morgan fingerprint density at radius 1 is 1.20 bits per heavy atom. The van der Waals surface area contributed by atoms with Gasteiger partial charge in [-0.25, -0.2) is 0 Å². The lowest BCUT2D eigenvalue weighted by Crippen LogP contribution is -2.20. The Morgan fingerprint density at radius 2 is 1.85 bits per heavy atom. The van der Waals surface area contributed by atoms with Gasteiger partial charge < -0.3 is 16.4 Å². The molecule has 0 aliphatic heterocycles. The molecule has 0 saturated carbocycles. The van der Waals surface area contributed by atoms with E-state index in [0.29, 0.717) is 22.8 Å². The van der Waals surface area contributed by atoms with Crippen LogP contribution in [0.1, 0.15) is 15.9 Å². The van der Waals surface area contributed by atoms with Crippen molar-refractivity contribution in [3.8, 4) is 0 Å². The second kappa shape index (κ2) is 5.84. The van der Waals surface area contributed by atoms with Crippen molar-refractivity contribution in [2.24, 2.45) is 5.73 Å². The second-order valence-electron chi connectivity index (χ2n) is 4.59. The average molecular weight is 290 g/mol. The highest BCUT2D eigenvalue weighted by atomic mass is 35.5. The third kappa shape index (κ3) is 3.03. The van der Waals surface area contributed by atoms with Crippen LogP contribution in [-0.4, -0.2) is 13.0 Å². The van der Waals surface area contributed by atoms with Crippen molar-refractivity contribution in [1.82, 2.24) is 0 Å². The van der Waals surface area contributed by atoms with Crippen molar-refractivity contribution < 1.29 is 4.79 Å². The van der Waals surface area contributed by atoms with Gasteiger partial charge in [-0.3, -0.25) is 4.79 Å². The highest BCUT2D eigenvalue weighted by Crippen LogP contribution is 2.26. The molecule has 0 atom stereocenters. The molecular formula is C15H16ClN3O. The van der Waals surface area contributed by atoms with Crippen molar-refractivity contribution in [1.29, 1.82) is 0 Å². The van der Waals surface area contributed by atoms with Crippen molar-refractivity contribution in [2.45, 2.75) is 6.54 Å². The molecule has 4 nitrogen and oxygen atoms in total. The molecule has 2 rings (SSSR count). The smallest absolute Gasteiger partial charge is 0.250 e. The first-order chi connectivity index (χ1) is 9.49. The highest BCUT2D eigenvalue weighted by molar-refractivity contribution is 6.30. The first kappa shape index (κ1) is 14.2. The van der Waals surface area contributed by atoms with Crippen LogP contribution in [0, 0.1) is 0 Å². The number of anilines is 2. The zero-order chi connectivity index (χ0) is 14.7. The van der Waals surface area contributed by atoms with E-state index < -0.39 is 5.91 Å². The molecule has 0 unspecified atom stereocenters. The standard InChI is InChI=1S/C15H16ClN3O/c1-19(9-10-5-7-11(16)8-6-10)13-4-2-3-12(14(13)17)15(18)20/h2-8H,9,17H2,1H3,(H2,18,20). The third-order valence-corrected chi connectivity index (χ3v) is 3.34. The molecule has 104 valence electrons. The number of amides is 1. The fourth-order valence-corrected chi connectivity index (χ4v) is 2.18. The summed E-state index contributed by atoms with van der Waals surface area (Å²) in [5.74, 6) is -0.524. The molecule has 0 spiro atoms. The van der Waals surface area contributed by atoms with Crippen molar-refractivity contribution >= 4 is 28.9 Å². The minimum atomic E-state index is -0.524. The van der Waals surface area contributed by atoms with Crippen LogP contribution in [0.3, 0.4) is 0 Å². The first-order valence-electron chi connectivity index (χ1n) is 6.13. The Morgan fingerprint density at radius 3 is 2.45 bits per heavy atom. The van der Waals surface area contributed by atoms with E-state index >= 15 is 0 Å². The van der Waals surface area contributed by atoms with Gasteiger partial charge in [0.25, 0.3) is 5.91 Å². The molecule has 0 radical (unpaired) electrons. The average Bonchev–Trinajstić information content (AvgIpc) is 2.41. The molecule has 2 aromatic rings. The fraction of sp³-hybridized carbons (Fsp3) is 0.133. The number of rotatable bonds is 4. The van der Waals surface area contributed by atoms with E-state index in [1.165, 1.54) is 0 Å². The van der Waals surface area contributed by atoms with E-state index in [2.05, 4.69) is 0 Å². The van der Waals surface area contributed by atoms with Crippen LogP contribution >= 0.6 is 11.6 Å². The van der Waals surface area contributed by atoms with Crippen LogP contribution in [-0.2, 0) is 6.54 Å². The molecule has 0 bridgehead atoms.